The smallest absolute Gasteiger partial charge is 0.336 e. The van der Waals surface area contributed by atoms with Crippen molar-refractivity contribution in [3.8, 4) is 11.5 Å². The number of aliphatic hydroxyl groups is 1. The van der Waals surface area contributed by atoms with Gasteiger partial charge >= 0.3 is 5.97 Å². The van der Waals surface area contributed by atoms with E-state index in [9.17, 15) is 19.8 Å². The fourth-order valence-corrected chi connectivity index (χ4v) is 1.37. The van der Waals surface area contributed by atoms with E-state index in [1.807, 2.05) is 0 Å². The highest BCUT2D eigenvalue weighted by Crippen LogP contribution is 2.29. The van der Waals surface area contributed by atoms with Crippen LogP contribution in [0, 0.1) is 0 Å². The van der Waals surface area contributed by atoms with Crippen LogP contribution >= 0.6 is 0 Å². The molecule has 0 aromatic heterocycles. The highest BCUT2D eigenvalue weighted by Gasteiger charge is 2.19. The molecule has 0 aliphatic carbocycles. The van der Waals surface area contributed by atoms with Crippen LogP contribution in [-0.2, 0) is 9.53 Å². The van der Waals surface area contributed by atoms with Gasteiger partial charge in [-0.3, -0.25) is 4.79 Å². The Kier molecular flexibility index (Phi) is 5.13. The van der Waals surface area contributed by atoms with Crippen molar-refractivity contribution in [3.05, 3.63) is 23.8 Å². The number of amides is 1. The number of carbonyl (C=O) groups excluding carboxylic acids is 2. The summed E-state index contributed by atoms with van der Waals surface area (Å²) in [5.41, 5.74) is -0.0172. The lowest BCUT2D eigenvalue weighted by molar-refractivity contribution is -0.149. The maximum absolute atomic E-state index is 11.8. The summed E-state index contributed by atoms with van der Waals surface area (Å²) in [6.45, 7) is -0.317. The van der Waals surface area contributed by atoms with E-state index in [-0.39, 0.29) is 23.6 Å². The van der Waals surface area contributed by atoms with E-state index in [0.717, 1.165) is 7.11 Å². The zero-order valence-corrected chi connectivity index (χ0v) is 10.5. The van der Waals surface area contributed by atoms with E-state index >= 15 is 0 Å². The van der Waals surface area contributed by atoms with Crippen LogP contribution < -0.4 is 10.1 Å². The van der Waals surface area contributed by atoms with Crippen LogP contribution in [0.2, 0.25) is 0 Å². The highest BCUT2D eigenvalue weighted by atomic mass is 16.5. The average molecular weight is 269 g/mol. The number of benzene rings is 1. The molecule has 0 bridgehead atoms. The minimum Gasteiger partial charge on any atom is -0.504 e. The Morgan fingerprint density at radius 1 is 1.37 bits per heavy atom. The third-order valence-electron chi connectivity index (χ3n) is 2.39. The van der Waals surface area contributed by atoms with Gasteiger partial charge in [-0.05, 0) is 12.1 Å². The summed E-state index contributed by atoms with van der Waals surface area (Å²) in [7, 11) is 2.49. The third-order valence-corrected chi connectivity index (χ3v) is 2.39. The molecular weight excluding hydrogens is 254 g/mol. The maximum Gasteiger partial charge on any atom is 0.336 e. The number of nitrogens with one attached hydrogen (secondary N) is 1. The Bertz CT molecular complexity index is 473. The second-order valence-corrected chi connectivity index (χ2v) is 3.61. The van der Waals surface area contributed by atoms with Gasteiger partial charge in [0.2, 0.25) is 0 Å². The number of aromatic hydroxyl groups is 1. The third kappa shape index (κ3) is 3.59. The SMILES string of the molecule is COC(=O)C(O)CNC(=O)c1cccc(OC)c1O. The van der Waals surface area contributed by atoms with E-state index in [0.29, 0.717) is 0 Å². The molecule has 0 aliphatic heterocycles. The van der Waals surface area contributed by atoms with Gasteiger partial charge in [0, 0.05) is 0 Å². The van der Waals surface area contributed by atoms with Crippen molar-refractivity contribution in [1.82, 2.24) is 5.32 Å². The van der Waals surface area contributed by atoms with E-state index in [1.54, 1.807) is 0 Å². The first-order chi connectivity index (χ1) is 9.01. The largest absolute Gasteiger partial charge is 0.504 e. The molecule has 0 spiro atoms. The molecular formula is C12H15NO6. The number of aliphatic hydroxyl groups excluding tert-OH is 1. The second kappa shape index (κ2) is 6.60. The van der Waals surface area contributed by atoms with Gasteiger partial charge in [-0.25, -0.2) is 4.79 Å². The Labute approximate surface area is 109 Å². The molecule has 1 unspecified atom stereocenters. The van der Waals surface area contributed by atoms with Crippen LogP contribution in [-0.4, -0.2) is 49.0 Å². The van der Waals surface area contributed by atoms with Gasteiger partial charge in [-0.2, -0.15) is 0 Å². The summed E-state index contributed by atoms with van der Waals surface area (Å²) in [6.07, 6.45) is -1.46. The molecule has 0 saturated carbocycles. The topological polar surface area (TPSA) is 105 Å². The number of methoxy groups -OCH3 is 2. The number of hydrogen-bond acceptors (Lipinski definition) is 6. The number of phenolic OH excluding ortho intramolecular Hbond substituents is 1. The molecule has 104 valence electrons. The zero-order chi connectivity index (χ0) is 14.4. The van der Waals surface area contributed by atoms with Crippen LogP contribution in [0.3, 0.4) is 0 Å². The van der Waals surface area contributed by atoms with Gasteiger partial charge in [0.05, 0.1) is 26.3 Å². The number of phenols is 1. The fraction of sp³-hybridized carbons (Fsp3) is 0.333. The number of carbonyl (C=O) groups is 2. The minimum absolute atomic E-state index is 0.0172. The lowest BCUT2D eigenvalue weighted by Gasteiger charge is -2.11. The predicted molar refractivity (Wildman–Crippen MR) is 65.0 cm³/mol. The van der Waals surface area contributed by atoms with Crippen molar-refractivity contribution in [2.24, 2.45) is 0 Å². The summed E-state index contributed by atoms with van der Waals surface area (Å²) < 4.78 is 9.16. The first kappa shape index (κ1) is 14.8. The number of ether oxygens (including phenoxy) is 2. The molecule has 1 rings (SSSR count). The molecule has 1 amide bonds. The zero-order valence-electron chi connectivity index (χ0n) is 10.5. The summed E-state index contributed by atoms with van der Waals surface area (Å²) in [5, 5.41) is 21.3. The maximum atomic E-state index is 11.8. The molecule has 1 aromatic rings. The summed E-state index contributed by atoms with van der Waals surface area (Å²) in [4.78, 5) is 22.7. The van der Waals surface area contributed by atoms with Gasteiger partial charge in [-0.15, -0.1) is 0 Å². The van der Waals surface area contributed by atoms with Crippen LogP contribution in [0.15, 0.2) is 18.2 Å². The Balaban J connectivity index is 2.71. The van der Waals surface area contributed by atoms with Crippen LogP contribution in [0.25, 0.3) is 0 Å². The minimum atomic E-state index is -1.46. The molecule has 0 fully saturated rings. The lowest BCUT2D eigenvalue weighted by Crippen LogP contribution is -2.37. The van der Waals surface area contributed by atoms with Crippen molar-refractivity contribution >= 4 is 11.9 Å². The summed E-state index contributed by atoms with van der Waals surface area (Å²) in [5.74, 6) is -1.65. The van der Waals surface area contributed by atoms with Crippen molar-refractivity contribution in [3.63, 3.8) is 0 Å². The van der Waals surface area contributed by atoms with Crippen molar-refractivity contribution in [2.45, 2.75) is 6.10 Å². The molecule has 3 N–H and O–H groups in total. The molecule has 1 aromatic carbocycles. The van der Waals surface area contributed by atoms with Gasteiger partial charge in [0.25, 0.3) is 5.91 Å². The van der Waals surface area contributed by atoms with Gasteiger partial charge < -0.3 is 25.0 Å². The normalized spacial score (nSPS) is 11.5. The van der Waals surface area contributed by atoms with E-state index in [4.69, 9.17) is 4.74 Å². The molecule has 7 nitrogen and oxygen atoms in total. The van der Waals surface area contributed by atoms with Crippen LogP contribution in [0.4, 0.5) is 0 Å². The van der Waals surface area contributed by atoms with E-state index in [1.165, 1.54) is 25.3 Å². The molecule has 0 radical (unpaired) electrons. The molecule has 1 atom stereocenters. The first-order valence-corrected chi connectivity index (χ1v) is 5.41. The standard InChI is InChI=1S/C12H15NO6/c1-18-9-5-3-4-7(10(9)15)11(16)13-6-8(14)12(17)19-2/h3-5,8,14-15H,6H2,1-2H3,(H,13,16). The number of hydrogen-bond donors (Lipinski definition) is 3. The van der Waals surface area contributed by atoms with Crippen molar-refractivity contribution in [2.75, 3.05) is 20.8 Å². The van der Waals surface area contributed by atoms with Crippen LogP contribution in [0.5, 0.6) is 11.5 Å². The fourth-order valence-electron chi connectivity index (χ4n) is 1.37. The quantitative estimate of drug-likeness (QED) is 0.632. The van der Waals surface area contributed by atoms with Crippen molar-refractivity contribution < 1.29 is 29.3 Å². The van der Waals surface area contributed by atoms with Crippen molar-refractivity contribution in [1.29, 1.82) is 0 Å². The van der Waals surface area contributed by atoms with Crippen LogP contribution in [0.1, 0.15) is 10.4 Å². The monoisotopic (exact) mass is 269 g/mol. The van der Waals surface area contributed by atoms with Gasteiger partial charge in [0.15, 0.2) is 17.6 Å². The Morgan fingerprint density at radius 2 is 2.05 bits per heavy atom. The summed E-state index contributed by atoms with van der Waals surface area (Å²) in [6, 6.07) is 4.41. The molecule has 19 heavy (non-hydrogen) atoms. The average Bonchev–Trinajstić information content (AvgIpc) is 2.43. The van der Waals surface area contributed by atoms with Gasteiger partial charge in [0.1, 0.15) is 0 Å². The number of rotatable bonds is 5. The predicted octanol–water partition coefficient (Wildman–Crippen LogP) is -0.336. The Hall–Kier alpha value is -2.28. The first-order valence-electron chi connectivity index (χ1n) is 5.41. The Morgan fingerprint density at radius 3 is 2.63 bits per heavy atom. The lowest BCUT2D eigenvalue weighted by atomic mass is 10.1. The second-order valence-electron chi connectivity index (χ2n) is 3.61. The highest BCUT2D eigenvalue weighted by molar-refractivity contribution is 5.97. The van der Waals surface area contributed by atoms with Gasteiger partial charge in [-0.1, -0.05) is 6.07 Å². The summed E-state index contributed by atoms with van der Waals surface area (Å²) >= 11 is 0. The number of esters is 1. The molecule has 0 aliphatic rings. The van der Waals surface area contributed by atoms with E-state index in [2.05, 4.69) is 10.1 Å². The molecule has 0 heterocycles. The molecule has 0 saturated heterocycles. The number of para-hydroxylation sites is 1. The molecule has 7 heteroatoms. The van der Waals surface area contributed by atoms with E-state index < -0.39 is 18.0 Å².